The van der Waals surface area contributed by atoms with E-state index < -0.39 is 0 Å². The monoisotopic (exact) mass is 242 g/mol. The molecule has 3 heteroatoms. The summed E-state index contributed by atoms with van der Waals surface area (Å²) in [5.41, 5.74) is 0. The molecule has 17 heavy (non-hydrogen) atoms. The van der Waals surface area contributed by atoms with E-state index in [-0.39, 0.29) is 0 Å². The van der Waals surface area contributed by atoms with E-state index in [1.165, 1.54) is 32.4 Å². The largest absolute Gasteiger partial charge is 0.379 e. The van der Waals surface area contributed by atoms with Crippen molar-refractivity contribution in [2.45, 2.75) is 52.1 Å². The first-order valence-electron chi connectivity index (χ1n) is 7.17. The Labute approximate surface area is 107 Å². The van der Waals surface area contributed by atoms with Gasteiger partial charge in [-0.15, -0.1) is 0 Å². The first kappa shape index (κ1) is 14.9. The molecular formula is C14H30N2O. The lowest BCUT2D eigenvalue weighted by atomic mass is 10.2. The maximum Gasteiger partial charge on any atom is 0.0619 e. The summed E-state index contributed by atoms with van der Waals surface area (Å²) in [6.07, 6.45) is 3.93. The minimum atomic E-state index is 0.589. The molecule has 1 saturated heterocycles. The summed E-state index contributed by atoms with van der Waals surface area (Å²) in [7, 11) is 2.18. The molecular weight excluding hydrogens is 212 g/mol. The second-order valence-electron chi connectivity index (χ2n) is 5.40. The minimum absolute atomic E-state index is 0.589. The first-order chi connectivity index (χ1) is 8.15. The topological polar surface area (TPSA) is 15.7 Å². The molecule has 0 amide bonds. The fourth-order valence-corrected chi connectivity index (χ4v) is 2.28. The SMILES string of the molecule is CCC(C)N(C)CCOCC(C)N1CCCC1. The molecule has 0 aromatic heterocycles. The highest BCUT2D eigenvalue weighted by atomic mass is 16.5. The highest BCUT2D eigenvalue weighted by molar-refractivity contribution is 4.72. The van der Waals surface area contributed by atoms with Gasteiger partial charge in [-0.05, 0) is 53.2 Å². The van der Waals surface area contributed by atoms with Crippen molar-refractivity contribution in [3.63, 3.8) is 0 Å². The van der Waals surface area contributed by atoms with Gasteiger partial charge in [0.25, 0.3) is 0 Å². The Bertz CT molecular complexity index is 193. The van der Waals surface area contributed by atoms with Crippen LogP contribution in [-0.2, 0) is 4.74 Å². The standard InChI is InChI=1S/C14H30N2O/c1-5-13(2)15(4)10-11-17-12-14(3)16-8-6-7-9-16/h13-14H,5-12H2,1-4H3. The van der Waals surface area contributed by atoms with E-state index in [4.69, 9.17) is 4.74 Å². The molecule has 0 bridgehead atoms. The maximum atomic E-state index is 5.79. The lowest BCUT2D eigenvalue weighted by Gasteiger charge is -2.25. The van der Waals surface area contributed by atoms with Crippen molar-refractivity contribution in [3.05, 3.63) is 0 Å². The molecule has 0 saturated carbocycles. The Morgan fingerprint density at radius 1 is 1.24 bits per heavy atom. The average Bonchev–Trinajstić information content (AvgIpc) is 2.86. The van der Waals surface area contributed by atoms with Crippen molar-refractivity contribution in [2.24, 2.45) is 0 Å². The van der Waals surface area contributed by atoms with Crippen molar-refractivity contribution in [1.82, 2.24) is 9.80 Å². The second kappa shape index (κ2) is 8.06. The fourth-order valence-electron chi connectivity index (χ4n) is 2.28. The van der Waals surface area contributed by atoms with Gasteiger partial charge in [-0.25, -0.2) is 0 Å². The van der Waals surface area contributed by atoms with Gasteiger partial charge in [-0.1, -0.05) is 6.92 Å². The average molecular weight is 242 g/mol. The van der Waals surface area contributed by atoms with Crippen LogP contribution in [-0.4, -0.2) is 61.8 Å². The van der Waals surface area contributed by atoms with Crippen molar-refractivity contribution in [3.8, 4) is 0 Å². The van der Waals surface area contributed by atoms with E-state index in [0.717, 1.165) is 19.8 Å². The quantitative estimate of drug-likeness (QED) is 0.607. The summed E-state index contributed by atoms with van der Waals surface area (Å²) in [5, 5.41) is 0. The van der Waals surface area contributed by atoms with Crippen LogP contribution in [0.3, 0.4) is 0 Å². The van der Waals surface area contributed by atoms with Gasteiger partial charge in [0, 0.05) is 18.6 Å². The molecule has 1 fully saturated rings. The summed E-state index contributed by atoms with van der Waals surface area (Å²) in [6.45, 7) is 12.1. The molecule has 1 heterocycles. The van der Waals surface area contributed by atoms with E-state index >= 15 is 0 Å². The molecule has 1 aliphatic rings. The summed E-state index contributed by atoms with van der Waals surface area (Å²) >= 11 is 0. The van der Waals surface area contributed by atoms with Gasteiger partial charge in [-0.2, -0.15) is 0 Å². The van der Waals surface area contributed by atoms with Crippen molar-refractivity contribution in [1.29, 1.82) is 0 Å². The second-order valence-corrected chi connectivity index (χ2v) is 5.40. The molecule has 2 atom stereocenters. The predicted molar refractivity (Wildman–Crippen MR) is 73.5 cm³/mol. The number of nitrogens with zero attached hydrogens (tertiary/aromatic N) is 2. The molecule has 1 aliphatic heterocycles. The van der Waals surface area contributed by atoms with E-state index in [1.807, 2.05) is 0 Å². The van der Waals surface area contributed by atoms with Crippen LogP contribution >= 0.6 is 0 Å². The van der Waals surface area contributed by atoms with E-state index in [1.54, 1.807) is 0 Å². The molecule has 2 unspecified atom stereocenters. The zero-order valence-corrected chi connectivity index (χ0v) is 12.1. The fraction of sp³-hybridized carbons (Fsp3) is 1.00. The van der Waals surface area contributed by atoms with E-state index in [2.05, 4.69) is 37.6 Å². The van der Waals surface area contributed by atoms with Crippen molar-refractivity contribution in [2.75, 3.05) is 39.9 Å². The molecule has 0 aromatic rings. The maximum absolute atomic E-state index is 5.79. The van der Waals surface area contributed by atoms with Gasteiger partial charge in [0.1, 0.15) is 0 Å². The molecule has 102 valence electrons. The first-order valence-corrected chi connectivity index (χ1v) is 7.17. The molecule has 0 N–H and O–H groups in total. The van der Waals surface area contributed by atoms with Crippen LogP contribution < -0.4 is 0 Å². The van der Waals surface area contributed by atoms with Crippen molar-refractivity contribution >= 4 is 0 Å². The van der Waals surface area contributed by atoms with Crippen LogP contribution in [0.1, 0.15) is 40.0 Å². The molecule has 0 spiro atoms. The lowest BCUT2D eigenvalue weighted by Crippen LogP contribution is -2.36. The third-order valence-electron chi connectivity index (χ3n) is 4.05. The Hall–Kier alpha value is -0.120. The van der Waals surface area contributed by atoms with Crippen LogP contribution in [0.4, 0.5) is 0 Å². The van der Waals surface area contributed by atoms with Gasteiger partial charge in [0.2, 0.25) is 0 Å². The van der Waals surface area contributed by atoms with Gasteiger partial charge in [-0.3, -0.25) is 4.90 Å². The highest BCUT2D eigenvalue weighted by Crippen LogP contribution is 2.11. The summed E-state index contributed by atoms with van der Waals surface area (Å²) in [5.74, 6) is 0. The van der Waals surface area contributed by atoms with Gasteiger partial charge in [0.15, 0.2) is 0 Å². The Morgan fingerprint density at radius 2 is 1.88 bits per heavy atom. The summed E-state index contributed by atoms with van der Waals surface area (Å²) in [4.78, 5) is 4.92. The number of likely N-dealkylation sites (tertiary alicyclic amines) is 1. The van der Waals surface area contributed by atoms with Crippen LogP contribution in [0.2, 0.25) is 0 Å². The highest BCUT2D eigenvalue weighted by Gasteiger charge is 2.17. The minimum Gasteiger partial charge on any atom is -0.379 e. The number of hydrogen-bond donors (Lipinski definition) is 0. The molecule has 0 radical (unpaired) electrons. The van der Waals surface area contributed by atoms with E-state index in [9.17, 15) is 0 Å². The van der Waals surface area contributed by atoms with Crippen LogP contribution in [0.15, 0.2) is 0 Å². The predicted octanol–water partition coefficient (Wildman–Crippen LogP) is 2.22. The normalized spacial score (nSPS) is 21.0. The zero-order chi connectivity index (χ0) is 12.7. The molecule has 1 rings (SSSR count). The lowest BCUT2D eigenvalue weighted by molar-refractivity contribution is 0.0590. The molecule has 0 aromatic carbocycles. The number of ether oxygens (including phenoxy) is 1. The smallest absolute Gasteiger partial charge is 0.0619 e. The van der Waals surface area contributed by atoms with Crippen LogP contribution in [0, 0.1) is 0 Å². The Morgan fingerprint density at radius 3 is 2.47 bits per heavy atom. The number of likely N-dealkylation sites (N-methyl/N-ethyl adjacent to an activating group) is 1. The zero-order valence-electron chi connectivity index (χ0n) is 12.1. The molecule has 0 aliphatic carbocycles. The van der Waals surface area contributed by atoms with E-state index in [0.29, 0.717) is 12.1 Å². The van der Waals surface area contributed by atoms with Gasteiger partial charge in [0.05, 0.1) is 13.2 Å². The van der Waals surface area contributed by atoms with Crippen LogP contribution in [0.25, 0.3) is 0 Å². The summed E-state index contributed by atoms with van der Waals surface area (Å²) < 4.78 is 5.79. The Kier molecular flexibility index (Phi) is 7.09. The molecule has 3 nitrogen and oxygen atoms in total. The Balaban J connectivity index is 2.03. The third-order valence-corrected chi connectivity index (χ3v) is 4.05. The van der Waals surface area contributed by atoms with Gasteiger partial charge < -0.3 is 9.64 Å². The summed E-state index contributed by atoms with van der Waals surface area (Å²) in [6, 6.07) is 1.25. The van der Waals surface area contributed by atoms with Crippen molar-refractivity contribution < 1.29 is 4.74 Å². The third kappa shape index (κ3) is 5.36. The number of rotatable bonds is 8. The number of hydrogen-bond acceptors (Lipinski definition) is 3. The van der Waals surface area contributed by atoms with Gasteiger partial charge >= 0.3 is 0 Å². The van der Waals surface area contributed by atoms with Crippen LogP contribution in [0.5, 0.6) is 0 Å².